The van der Waals surface area contributed by atoms with Gasteiger partial charge in [0.1, 0.15) is 5.52 Å². The highest BCUT2D eigenvalue weighted by Gasteiger charge is 2.28. The Balaban J connectivity index is 0.00000176. The maximum atomic E-state index is 12.7. The lowest BCUT2D eigenvalue weighted by Crippen LogP contribution is -2.45. The molecule has 0 saturated heterocycles. The van der Waals surface area contributed by atoms with Crippen LogP contribution in [0.25, 0.3) is 16.9 Å². The van der Waals surface area contributed by atoms with Gasteiger partial charge in [0, 0.05) is 37.2 Å². The topological polar surface area (TPSA) is 153 Å². The van der Waals surface area contributed by atoms with Crippen LogP contribution in [0.1, 0.15) is 17.0 Å². The number of aliphatic hydroxyl groups excluding tert-OH is 1. The fourth-order valence-electron chi connectivity index (χ4n) is 4.61. The zero-order valence-corrected chi connectivity index (χ0v) is 22.3. The molecule has 1 amide bonds. The van der Waals surface area contributed by atoms with Gasteiger partial charge in [-0.15, -0.1) is 24.8 Å². The van der Waals surface area contributed by atoms with Crippen molar-refractivity contribution < 1.29 is 19.4 Å². The van der Waals surface area contributed by atoms with Gasteiger partial charge in [-0.2, -0.15) is 4.98 Å². The number of carbonyl (C=O) groups excluding carboxylic acids is 1. The van der Waals surface area contributed by atoms with Crippen molar-refractivity contribution in [2.45, 2.75) is 31.5 Å². The molecule has 4 aromatic heterocycles. The number of aromatic nitrogens is 5. The van der Waals surface area contributed by atoms with E-state index < -0.39 is 6.10 Å². The number of hydrogen-bond acceptors (Lipinski definition) is 10. The minimum Gasteiger partial charge on any atom is -0.481 e. The SMILES string of the molecule is COc1ccc2ncc(=O)n(-c3cnc4c(c3)C[C@@H](O)[C@@H](NCc3ccc5c(n3)NC(=O)CO5)C4)c2n1.Cl.Cl. The number of rotatable bonds is 5. The van der Waals surface area contributed by atoms with Gasteiger partial charge in [-0.05, 0) is 29.8 Å². The standard InChI is InChI=1S/C25H23N7O5.2ClH/c1-36-22-5-3-16-25(31-22)32(23(35)11-28-16)15-6-13-7-19(33)18(8-17(13)27-10-15)26-9-14-2-4-20-24(29-14)30-21(34)12-37-20;;/h2-6,10-11,18-19,26,33H,7-9,12H2,1H3,(H,29,30,34);2*1H/t18-,19+;;/m0../s1. The largest absolute Gasteiger partial charge is 0.481 e. The molecule has 0 spiro atoms. The summed E-state index contributed by atoms with van der Waals surface area (Å²) in [4.78, 5) is 41.9. The molecule has 2 atom stereocenters. The number of nitrogens with one attached hydrogen (secondary N) is 2. The molecule has 14 heteroatoms. The number of nitrogens with zero attached hydrogens (tertiary/aromatic N) is 5. The summed E-state index contributed by atoms with van der Waals surface area (Å²) in [5.41, 5.74) is 3.51. The normalized spacial score (nSPS) is 17.5. The van der Waals surface area contributed by atoms with Crippen molar-refractivity contribution in [1.82, 2.24) is 29.8 Å². The summed E-state index contributed by atoms with van der Waals surface area (Å²) in [5.74, 6) is 1.05. The van der Waals surface area contributed by atoms with Crippen molar-refractivity contribution in [2.75, 3.05) is 19.0 Å². The maximum Gasteiger partial charge on any atom is 0.275 e. The number of carbonyl (C=O) groups is 1. The number of amides is 1. The van der Waals surface area contributed by atoms with E-state index in [2.05, 4.69) is 30.6 Å². The van der Waals surface area contributed by atoms with Crippen molar-refractivity contribution in [3.8, 4) is 17.3 Å². The smallest absolute Gasteiger partial charge is 0.275 e. The van der Waals surface area contributed by atoms with Crippen LogP contribution in [0.5, 0.6) is 11.6 Å². The van der Waals surface area contributed by atoms with Crippen molar-refractivity contribution in [2.24, 2.45) is 0 Å². The van der Waals surface area contributed by atoms with Crippen molar-refractivity contribution in [1.29, 1.82) is 0 Å². The Morgan fingerprint density at radius 3 is 2.79 bits per heavy atom. The molecule has 204 valence electrons. The van der Waals surface area contributed by atoms with Crippen LogP contribution in [-0.2, 0) is 24.2 Å². The van der Waals surface area contributed by atoms with E-state index in [1.165, 1.54) is 17.9 Å². The average molecular weight is 574 g/mol. The molecule has 0 radical (unpaired) electrons. The Kier molecular flexibility index (Phi) is 8.31. The predicted molar refractivity (Wildman–Crippen MR) is 146 cm³/mol. The van der Waals surface area contributed by atoms with E-state index in [0.29, 0.717) is 59.4 Å². The highest BCUT2D eigenvalue weighted by molar-refractivity contribution is 5.94. The van der Waals surface area contributed by atoms with E-state index in [4.69, 9.17) is 9.47 Å². The molecule has 0 fully saturated rings. The van der Waals surface area contributed by atoms with Crippen LogP contribution in [-0.4, -0.2) is 61.4 Å². The van der Waals surface area contributed by atoms with Gasteiger partial charge >= 0.3 is 0 Å². The second-order valence-electron chi connectivity index (χ2n) is 8.88. The van der Waals surface area contributed by atoms with Crippen LogP contribution in [0.15, 0.2) is 47.5 Å². The molecule has 0 unspecified atom stereocenters. The Morgan fingerprint density at radius 1 is 1.13 bits per heavy atom. The van der Waals surface area contributed by atoms with E-state index in [1.54, 1.807) is 24.4 Å². The maximum absolute atomic E-state index is 12.7. The Bertz CT molecular complexity index is 1600. The summed E-state index contributed by atoms with van der Waals surface area (Å²) in [6, 6.07) is 8.62. The first kappa shape index (κ1) is 28.2. The third-order valence-electron chi connectivity index (χ3n) is 6.47. The lowest BCUT2D eigenvalue weighted by atomic mass is 9.89. The third kappa shape index (κ3) is 5.50. The first-order chi connectivity index (χ1) is 18.0. The summed E-state index contributed by atoms with van der Waals surface area (Å²) < 4.78 is 12.0. The summed E-state index contributed by atoms with van der Waals surface area (Å²) in [5, 5.41) is 16.9. The summed E-state index contributed by atoms with van der Waals surface area (Å²) in [6.07, 6.45) is 3.07. The molecule has 12 nitrogen and oxygen atoms in total. The van der Waals surface area contributed by atoms with Gasteiger partial charge < -0.3 is 25.2 Å². The number of anilines is 1. The molecule has 2 aliphatic rings. The third-order valence-corrected chi connectivity index (χ3v) is 6.47. The second kappa shape index (κ2) is 11.5. The van der Waals surface area contributed by atoms with Gasteiger partial charge in [-0.25, -0.2) is 9.97 Å². The van der Waals surface area contributed by atoms with Gasteiger partial charge in [0.2, 0.25) is 5.88 Å². The molecule has 0 saturated carbocycles. The molecule has 0 bridgehead atoms. The van der Waals surface area contributed by atoms with Crippen LogP contribution in [0, 0.1) is 0 Å². The van der Waals surface area contributed by atoms with Crippen molar-refractivity contribution in [3.63, 3.8) is 0 Å². The highest BCUT2D eigenvalue weighted by Crippen LogP contribution is 2.26. The minimum atomic E-state index is -0.672. The number of halogens is 2. The number of hydrogen-bond donors (Lipinski definition) is 3. The van der Waals surface area contributed by atoms with Gasteiger partial charge in [-0.3, -0.25) is 19.1 Å². The van der Waals surface area contributed by atoms with E-state index in [-0.39, 0.29) is 48.9 Å². The molecule has 5 heterocycles. The molecule has 6 rings (SSSR count). The van der Waals surface area contributed by atoms with Crippen molar-refractivity contribution in [3.05, 3.63) is 70.0 Å². The van der Waals surface area contributed by atoms with Crippen LogP contribution in [0.2, 0.25) is 0 Å². The summed E-state index contributed by atoms with van der Waals surface area (Å²) in [7, 11) is 1.51. The zero-order chi connectivity index (χ0) is 25.5. The van der Waals surface area contributed by atoms with Gasteiger partial charge in [0.15, 0.2) is 23.8 Å². The molecule has 1 aliphatic carbocycles. The average Bonchev–Trinajstić information content (AvgIpc) is 2.91. The number of aliphatic hydroxyl groups is 1. The number of pyridine rings is 3. The first-order valence-corrected chi connectivity index (χ1v) is 11.7. The Labute approximate surface area is 234 Å². The molecule has 1 aliphatic heterocycles. The molecular formula is C25H25Cl2N7O5. The van der Waals surface area contributed by atoms with Crippen LogP contribution in [0.3, 0.4) is 0 Å². The Morgan fingerprint density at radius 2 is 1.97 bits per heavy atom. The van der Waals surface area contributed by atoms with E-state index in [1.807, 2.05) is 12.1 Å². The summed E-state index contributed by atoms with van der Waals surface area (Å²) in [6.45, 7) is 0.371. The molecule has 39 heavy (non-hydrogen) atoms. The van der Waals surface area contributed by atoms with E-state index >= 15 is 0 Å². The predicted octanol–water partition coefficient (Wildman–Crippen LogP) is 1.37. The van der Waals surface area contributed by atoms with E-state index in [0.717, 1.165) is 11.3 Å². The fourth-order valence-corrected chi connectivity index (χ4v) is 4.61. The van der Waals surface area contributed by atoms with Gasteiger partial charge in [0.25, 0.3) is 11.5 Å². The van der Waals surface area contributed by atoms with Crippen molar-refractivity contribution >= 4 is 47.7 Å². The number of ether oxygens (including phenoxy) is 2. The van der Waals surface area contributed by atoms with Gasteiger partial charge in [-0.1, -0.05) is 0 Å². The monoisotopic (exact) mass is 573 g/mol. The first-order valence-electron chi connectivity index (χ1n) is 11.7. The van der Waals surface area contributed by atoms with Crippen LogP contribution < -0.4 is 25.7 Å². The molecule has 4 aromatic rings. The minimum absolute atomic E-state index is 0. The summed E-state index contributed by atoms with van der Waals surface area (Å²) >= 11 is 0. The zero-order valence-electron chi connectivity index (χ0n) is 20.7. The quantitative estimate of drug-likeness (QED) is 0.319. The number of methoxy groups -OCH3 is 1. The highest BCUT2D eigenvalue weighted by atomic mass is 35.5. The van der Waals surface area contributed by atoms with Crippen LogP contribution >= 0.6 is 24.8 Å². The lowest BCUT2D eigenvalue weighted by Gasteiger charge is -2.30. The molecule has 3 N–H and O–H groups in total. The number of fused-ring (bicyclic) bond motifs is 3. The lowest BCUT2D eigenvalue weighted by molar-refractivity contribution is -0.118. The van der Waals surface area contributed by atoms with E-state index in [9.17, 15) is 14.7 Å². The Hall–Kier alpha value is -3.84. The molecular weight excluding hydrogens is 549 g/mol. The molecule has 0 aromatic carbocycles. The fraction of sp³-hybridized carbons (Fsp3) is 0.280. The van der Waals surface area contributed by atoms with Crippen LogP contribution in [0.4, 0.5) is 5.82 Å². The second-order valence-corrected chi connectivity index (χ2v) is 8.88. The van der Waals surface area contributed by atoms with Gasteiger partial charge in [0.05, 0.1) is 37.0 Å².